The maximum Gasteiger partial charge on any atom is 0.229 e. The van der Waals surface area contributed by atoms with E-state index in [0.29, 0.717) is 0 Å². The molecule has 4 rings (SSSR count). The molecule has 0 saturated heterocycles. The summed E-state index contributed by atoms with van der Waals surface area (Å²) < 4.78 is 0. The fraction of sp³-hybridized carbons (Fsp3) is 0.0417. The zero-order valence-electron chi connectivity index (χ0n) is 14.3. The lowest BCUT2D eigenvalue weighted by molar-refractivity contribution is -0.118. The molecule has 0 bridgehead atoms. The molecule has 0 heterocycles. The molecule has 4 aromatic carbocycles. The number of benzene rings is 4. The molecule has 0 aliphatic carbocycles. The largest absolute Gasteiger partial charge is 0.369 e. The molecular weight excluding hydrogens is 318 g/mol. The van der Waals surface area contributed by atoms with Crippen molar-refractivity contribution >= 4 is 16.7 Å². The minimum Gasteiger partial charge on any atom is -0.369 e. The summed E-state index contributed by atoms with van der Waals surface area (Å²) >= 11 is 0. The summed E-state index contributed by atoms with van der Waals surface area (Å²) in [6.07, 6.45) is 0. The first-order valence-electron chi connectivity index (χ1n) is 8.66. The van der Waals surface area contributed by atoms with E-state index in [1.54, 1.807) is 0 Å². The van der Waals surface area contributed by atoms with Crippen molar-refractivity contribution in [3.63, 3.8) is 0 Å². The number of carbonyl (C=O) groups is 1. The Labute approximate surface area is 152 Å². The molecule has 2 N–H and O–H groups in total. The second-order valence-corrected chi connectivity index (χ2v) is 6.40. The first-order valence-corrected chi connectivity index (χ1v) is 8.66. The smallest absolute Gasteiger partial charge is 0.229 e. The molecule has 126 valence electrons. The number of amides is 1. The molecule has 0 aromatic heterocycles. The number of rotatable bonds is 4. The van der Waals surface area contributed by atoms with Crippen LogP contribution in [0, 0.1) is 0 Å². The Kier molecular flexibility index (Phi) is 4.24. The zero-order valence-corrected chi connectivity index (χ0v) is 14.3. The van der Waals surface area contributed by atoms with E-state index >= 15 is 0 Å². The highest BCUT2D eigenvalue weighted by Gasteiger charge is 2.22. The van der Waals surface area contributed by atoms with Gasteiger partial charge in [-0.15, -0.1) is 0 Å². The van der Waals surface area contributed by atoms with E-state index < -0.39 is 5.92 Å². The molecule has 1 amide bonds. The highest BCUT2D eigenvalue weighted by atomic mass is 16.1. The second kappa shape index (κ2) is 6.85. The van der Waals surface area contributed by atoms with Crippen molar-refractivity contribution in [2.45, 2.75) is 5.92 Å². The van der Waals surface area contributed by atoms with Crippen LogP contribution < -0.4 is 5.73 Å². The fourth-order valence-corrected chi connectivity index (χ4v) is 3.51. The van der Waals surface area contributed by atoms with Crippen molar-refractivity contribution < 1.29 is 4.79 Å². The van der Waals surface area contributed by atoms with Crippen LogP contribution in [0.25, 0.3) is 21.9 Å². The maximum atomic E-state index is 12.3. The number of primary amides is 1. The Morgan fingerprint density at radius 3 is 2.08 bits per heavy atom. The minimum absolute atomic E-state index is 0.337. The van der Waals surface area contributed by atoms with Crippen molar-refractivity contribution in [2.75, 3.05) is 0 Å². The van der Waals surface area contributed by atoms with Gasteiger partial charge in [-0.25, -0.2) is 0 Å². The highest BCUT2D eigenvalue weighted by molar-refractivity contribution is 5.96. The van der Waals surface area contributed by atoms with E-state index in [9.17, 15) is 4.79 Å². The maximum absolute atomic E-state index is 12.3. The zero-order chi connectivity index (χ0) is 17.9. The van der Waals surface area contributed by atoms with Gasteiger partial charge in [0.1, 0.15) is 0 Å². The number of nitrogens with two attached hydrogens (primary N) is 1. The third-order valence-corrected chi connectivity index (χ3v) is 4.75. The number of fused-ring (bicyclic) bond motifs is 1. The Balaban J connectivity index is 1.87. The predicted molar refractivity (Wildman–Crippen MR) is 107 cm³/mol. The second-order valence-electron chi connectivity index (χ2n) is 6.40. The van der Waals surface area contributed by atoms with Gasteiger partial charge in [-0.3, -0.25) is 4.79 Å². The summed E-state index contributed by atoms with van der Waals surface area (Å²) in [6.45, 7) is 0. The van der Waals surface area contributed by atoms with E-state index in [1.165, 1.54) is 5.56 Å². The van der Waals surface area contributed by atoms with E-state index in [2.05, 4.69) is 36.4 Å². The van der Waals surface area contributed by atoms with Gasteiger partial charge in [0.2, 0.25) is 5.91 Å². The average Bonchev–Trinajstić information content (AvgIpc) is 2.69. The van der Waals surface area contributed by atoms with Gasteiger partial charge >= 0.3 is 0 Å². The van der Waals surface area contributed by atoms with E-state index in [-0.39, 0.29) is 5.91 Å². The quantitative estimate of drug-likeness (QED) is 0.551. The Morgan fingerprint density at radius 2 is 1.38 bits per heavy atom. The van der Waals surface area contributed by atoms with Gasteiger partial charge in [0.05, 0.1) is 5.92 Å². The standard InChI is InChI=1S/C24H19NO/c25-24(26)23(18-10-5-2-6-11-18)22-13-7-12-20-16-19(14-15-21(20)22)17-8-3-1-4-9-17/h1-16,23H,(H2,25,26). The first-order chi connectivity index (χ1) is 12.7. The number of carbonyl (C=O) groups excluding carboxylic acids is 1. The van der Waals surface area contributed by atoms with Crippen LogP contribution in [0.5, 0.6) is 0 Å². The lowest BCUT2D eigenvalue weighted by atomic mass is 9.86. The molecule has 0 fully saturated rings. The van der Waals surface area contributed by atoms with Crippen LogP contribution in [0.1, 0.15) is 17.0 Å². The van der Waals surface area contributed by atoms with Crippen LogP contribution in [0.2, 0.25) is 0 Å². The summed E-state index contributed by atoms with van der Waals surface area (Å²) in [6, 6.07) is 32.4. The van der Waals surface area contributed by atoms with Crippen molar-refractivity contribution in [1.29, 1.82) is 0 Å². The average molecular weight is 337 g/mol. The van der Waals surface area contributed by atoms with Crippen LogP contribution in [-0.4, -0.2) is 5.91 Å². The summed E-state index contributed by atoms with van der Waals surface area (Å²) in [5.41, 5.74) is 9.97. The molecule has 1 atom stereocenters. The van der Waals surface area contributed by atoms with E-state index in [4.69, 9.17) is 5.73 Å². The Bertz CT molecular complexity index is 1060. The molecular formula is C24H19NO. The van der Waals surface area contributed by atoms with E-state index in [0.717, 1.165) is 27.5 Å². The fourth-order valence-electron chi connectivity index (χ4n) is 3.51. The van der Waals surface area contributed by atoms with E-state index in [1.807, 2.05) is 60.7 Å². The lowest BCUT2D eigenvalue weighted by Crippen LogP contribution is -2.22. The van der Waals surface area contributed by atoms with Crippen LogP contribution in [0.15, 0.2) is 97.1 Å². The minimum atomic E-state index is -0.456. The van der Waals surface area contributed by atoms with Gasteiger partial charge in [0, 0.05) is 0 Å². The molecule has 2 heteroatoms. The molecule has 2 nitrogen and oxygen atoms in total. The van der Waals surface area contributed by atoms with Crippen LogP contribution in [0.4, 0.5) is 0 Å². The SMILES string of the molecule is NC(=O)C(c1ccccc1)c1cccc2cc(-c3ccccc3)ccc12. The summed E-state index contributed by atoms with van der Waals surface area (Å²) in [7, 11) is 0. The third kappa shape index (κ3) is 2.98. The number of hydrogen-bond acceptors (Lipinski definition) is 1. The highest BCUT2D eigenvalue weighted by Crippen LogP contribution is 2.33. The van der Waals surface area contributed by atoms with Crippen molar-refractivity contribution in [3.8, 4) is 11.1 Å². The molecule has 0 saturated carbocycles. The molecule has 0 aliphatic rings. The lowest BCUT2D eigenvalue weighted by Gasteiger charge is -2.17. The van der Waals surface area contributed by atoms with Gasteiger partial charge in [0.25, 0.3) is 0 Å². The predicted octanol–water partition coefficient (Wildman–Crippen LogP) is 5.12. The summed E-state index contributed by atoms with van der Waals surface area (Å²) in [5, 5.41) is 2.16. The molecule has 1 unspecified atom stereocenters. The Hall–Kier alpha value is -3.39. The van der Waals surface area contributed by atoms with Gasteiger partial charge in [0.15, 0.2) is 0 Å². The van der Waals surface area contributed by atoms with Crippen molar-refractivity contribution in [2.24, 2.45) is 5.73 Å². The summed E-state index contributed by atoms with van der Waals surface area (Å²) in [4.78, 5) is 12.3. The first kappa shape index (κ1) is 16.1. The van der Waals surface area contributed by atoms with Crippen LogP contribution >= 0.6 is 0 Å². The topological polar surface area (TPSA) is 43.1 Å². The third-order valence-electron chi connectivity index (χ3n) is 4.75. The monoisotopic (exact) mass is 337 g/mol. The van der Waals surface area contributed by atoms with Crippen molar-refractivity contribution in [3.05, 3.63) is 108 Å². The van der Waals surface area contributed by atoms with Gasteiger partial charge in [-0.05, 0) is 39.1 Å². The van der Waals surface area contributed by atoms with Gasteiger partial charge in [-0.2, -0.15) is 0 Å². The van der Waals surface area contributed by atoms with Gasteiger partial charge in [-0.1, -0.05) is 91.0 Å². The molecule has 0 radical (unpaired) electrons. The summed E-state index contributed by atoms with van der Waals surface area (Å²) in [5.74, 6) is -0.793. The molecule has 4 aromatic rings. The normalized spacial score (nSPS) is 12.0. The molecule has 0 spiro atoms. The Morgan fingerprint density at radius 1 is 0.692 bits per heavy atom. The van der Waals surface area contributed by atoms with Gasteiger partial charge < -0.3 is 5.73 Å². The number of hydrogen-bond donors (Lipinski definition) is 1. The van der Waals surface area contributed by atoms with Crippen LogP contribution in [-0.2, 0) is 4.79 Å². The molecule has 0 aliphatic heterocycles. The van der Waals surface area contributed by atoms with Crippen LogP contribution in [0.3, 0.4) is 0 Å². The van der Waals surface area contributed by atoms with Crippen molar-refractivity contribution in [1.82, 2.24) is 0 Å². The molecule has 26 heavy (non-hydrogen) atoms.